The molecule has 2 saturated heterocycles. The Balaban J connectivity index is 1.39. The predicted molar refractivity (Wildman–Crippen MR) is 114 cm³/mol. The monoisotopic (exact) mass is 428 g/mol. The smallest absolute Gasteiger partial charge is 0.291 e. The zero-order chi connectivity index (χ0) is 21.5. The second-order valence-corrected chi connectivity index (χ2v) is 8.94. The van der Waals surface area contributed by atoms with Crippen LogP contribution in [0, 0.1) is 5.82 Å². The summed E-state index contributed by atoms with van der Waals surface area (Å²) >= 11 is 0. The maximum Gasteiger partial charge on any atom is 0.291 e. The van der Waals surface area contributed by atoms with E-state index in [4.69, 9.17) is 4.52 Å². The Kier molecular flexibility index (Phi) is 5.49. The zero-order valence-electron chi connectivity index (χ0n) is 18.0. The third-order valence-electron chi connectivity index (χ3n) is 6.59. The number of nitrogens with one attached hydrogen (secondary N) is 1. The molecule has 2 aliphatic rings. The number of hydrogen-bond donors (Lipinski definition) is 2. The SMILES string of the molecule is CC(C)c1nn(-c2noc(C3CCN(C4CCNCC4)C(O)C3)n2)c2c(F)cccc12. The lowest BCUT2D eigenvalue weighted by Crippen LogP contribution is -2.51. The summed E-state index contributed by atoms with van der Waals surface area (Å²) in [5.74, 6) is 0.447. The molecule has 5 rings (SSSR count). The molecule has 2 N–H and O–H groups in total. The highest BCUT2D eigenvalue weighted by atomic mass is 19.1. The van der Waals surface area contributed by atoms with Crippen LogP contribution in [0.3, 0.4) is 0 Å². The molecular weight excluding hydrogens is 399 g/mol. The van der Waals surface area contributed by atoms with Crippen molar-refractivity contribution < 1.29 is 14.0 Å². The minimum absolute atomic E-state index is 0.0227. The van der Waals surface area contributed by atoms with Crippen molar-refractivity contribution in [1.29, 1.82) is 0 Å². The number of rotatable bonds is 4. The Morgan fingerprint density at radius 2 is 2.03 bits per heavy atom. The Bertz CT molecular complexity index is 1060. The van der Waals surface area contributed by atoms with E-state index >= 15 is 0 Å². The molecule has 2 atom stereocenters. The summed E-state index contributed by atoms with van der Waals surface area (Å²) < 4.78 is 21.7. The molecule has 0 aliphatic carbocycles. The molecule has 1 aromatic carbocycles. The van der Waals surface area contributed by atoms with Crippen molar-refractivity contribution in [3.63, 3.8) is 0 Å². The fourth-order valence-corrected chi connectivity index (χ4v) is 4.95. The molecule has 2 unspecified atom stereocenters. The molecule has 4 heterocycles. The van der Waals surface area contributed by atoms with Crippen molar-refractivity contribution in [3.8, 4) is 5.95 Å². The van der Waals surface area contributed by atoms with Gasteiger partial charge in [0.25, 0.3) is 5.95 Å². The predicted octanol–water partition coefficient (Wildman–Crippen LogP) is 2.92. The Labute approximate surface area is 180 Å². The molecule has 3 aromatic rings. The van der Waals surface area contributed by atoms with Crippen LogP contribution in [0.4, 0.5) is 4.39 Å². The highest BCUT2D eigenvalue weighted by Gasteiger charge is 2.35. The molecule has 0 spiro atoms. The summed E-state index contributed by atoms with van der Waals surface area (Å²) in [7, 11) is 0. The van der Waals surface area contributed by atoms with Gasteiger partial charge in [-0.05, 0) is 55.9 Å². The number of aromatic nitrogens is 4. The summed E-state index contributed by atoms with van der Waals surface area (Å²) in [5.41, 5.74) is 1.16. The van der Waals surface area contributed by atoms with Crippen LogP contribution >= 0.6 is 0 Å². The standard InChI is InChI=1S/C22H29FN6O2/c1-13(2)19-16-4-3-5-17(23)20(16)29(26-19)22-25-21(31-27-22)14-8-11-28(18(30)12-14)15-6-9-24-10-7-15/h3-5,13-15,18,24,30H,6-12H2,1-2H3. The van der Waals surface area contributed by atoms with E-state index in [1.807, 2.05) is 19.9 Å². The molecule has 2 fully saturated rings. The van der Waals surface area contributed by atoms with Crippen molar-refractivity contribution in [2.75, 3.05) is 19.6 Å². The van der Waals surface area contributed by atoms with E-state index in [9.17, 15) is 9.50 Å². The zero-order valence-corrected chi connectivity index (χ0v) is 18.0. The number of benzene rings is 1. The highest BCUT2D eigenvalue weighted by Crippen LogP contribution is 2.33. The van der Waals surface area contributed by atoms with Crippen molar-refractivity contribution in [2.45, 2.75) is 63.6 Å². The first-order valence-electron chi connectivity index (χ1n) is 11.2. The number of likely N-dealkylation sites (tertiary alicyclic amines) is 1. The number of aliphatic hydroxyl groups is 1. The van der Waals surface area contributed by atoms with E-state index < -0.39 is 6.23 Å². The van der Waals surface area contributed by atoms with Gasteiger partial charge in [-0.25, -0.2) is 4.39 Å². The largest absolute Gasteiger partial charge is 0.378 e. The number of hydrogen-bond acceptors (Lipinski definition) is 7. The quantitative estimate of drug-likeness (QED) is 0.660. The fraction of sp³-hybridized carbons (Fsp3) is 0.591. The van der Waals surface area contributed by atoms with Gasteiger partial charge in [-0.15, -0.1) is 0 Å². The summed E-state index contributed by atoms with van der Waals surface area (Å²) in [6, 6.07) is 5.39. The van der Waals surface area contributed by atoms with Gasteiger partial charge in [0.05, 0.1) is 5.69 Å². The van der Waals surface area contributed by atoms with Crippen LogP contribution in [0.2, 0.25) is 0 Å². The molecule has 0 bridgehead atoms. The maximum atomic E-state index is 14.7. The first-order valence-corrected chi connectivity index (χ1v) is 11.2. The van der Waals surface area contributed by atoms with Gasteiger partial charge in [0.15, 0.2) is 0 Å². The average molecular weight is 429 g/mol. The molecule has 2 aromatic heterocycles. The van der Waals surface area contributed by atoms with Crippen LogP contribution in [-0.2, 0) is 0 Å². The van der Waals surface area contributed by atoms with Crippen LogP contribution < -0.4 is 5.32 Å². The van der Waals surface area contributed by atoms with Crippen LogP contribution in [0.25, 0.3) is 16.9 Å². The van der Waals surface area contributed by atoms with Gasteiger partial charge >= 0.3 is 0 Å². The summed E-state index contributed by atoms with van der Waals surface area (Å²) in [4.78, 5) is 6.76. The lowest BCUT2D eigenvalue weighted by Gasteiger charge is -2.42. The second kappa shape index (κ2) is 8.29. The van der Waals surface area contributed by atoms with Crippen LogP contribution in [0.5, 0.6) is 0 Å². The molecule has 0 saturated carbocycles. The number of aliphatic hydroxyl groups excluding tert-OH is 1. The molecule has 2 aliphatic heterocycles. The molecular formula is C22H29FN6O2. The minimum atomic E-state index is -0.521. The van der Waals surface area contributed by atoms with Crippen molar-refractivity contribution in [3.05, 3.63) is 35.6 Å². The summed E-state index contributed by atoms with van der Waals surface area (Å²) in [5, 5.41) is 23.6. The highest BCUT2D eigenvalue weighted by molar-refractivity contribution is 5.84. The van der Waals surface area contributed by atoms with Gasteiger partial charge in [-0.1, -0.05) is 26.0 Å². The maximum absolute atomic E-state index is 14.7. The van der Waals surface area contributed by atoms with Crippen molar-refractivity contribution in [1.82, 2.24) is 30.1 Å². The Hall–Kier alpha value is -2.36. The van der Waals surface area contributed by atoms with Crippen LogP contribution in [0.15, 0.2) is 22.7 Å². The molecule has 166 valence electrons. The lowest BCUT2D eigenvalue weighted by atomic mass is 9.92. The minimum Gasteiger partial charge on any atom is -0.378 e. The van der Waals surface area contributed by atoms with Crippen LogP contribution in [-0.4, -0.2) is 61.8 Å². The molecule has 9 heteroatoms. The fourth-order valence-electron chi connectivity index (χ4n) is 4.95. The molecule has 8 nitrogen and oxygen atoms in total. The van der Waals surface area contributed by atoms with Crippen LogP contribution in [0.1, 0.15) is 63.0 Å². The summed E-state index contributed by atoms with van der Waals surface area (Å²) in [6.07, 6.45) is 2.99. The number of nitrogens with zero attached hydrogens (tertiary/aromatic N) is 5. The van der Waals surface area contributed by atoms with E-state index in [2.05, 4.69) is 25.5 Å². The molecule has 0 amide bonds. The van der Waals surface area contributed by atoms with Gasteiger partial charge in [-0.2, -0.15) is 14.8 Å². The third kappa shape index (κ3) is 3.75. The molecule has 31 heavy (non-hydrogen) atoms. The van der Waals surface area contributed by atoms with Gasteiger partial charge in [0, 0.05) is 23.9 Å². The van der Waals surface area contributed by atoms with Gasteiger partial charge in [0.2, 0.25) is 5.89 Å². The molecule has 0 radical (unpaired) electrons. The van der Waals surface area contributed by atoms with Crippen molar-refractivity contribution >= 4 is 10.9 Å². The topological polar surface area (TPSA) is 92.2 Å². The number of para-hydroxylation sites is 1. The van der Waals surface area contributed by atoms with Crippen molar-refractivity contribution in [2.24, 2.45) is 0 Å². The number of fused-ring (bicyclic) bond motifs is 1. The van der Waals surface area contributed by atoms with Gasteiger partial charge in [-0.3, -0.25) is 4.90 Å². The Morgan fingerprint density at radius 3 is 2.77 bits per heavy atom. The first kappa shape index (κ1) is 20.5. The first-order chi connectivity index (χ1) is 15.0. The van der Waals surface area contributed by atoms with E-state index in [1.54, 1.807) is 6.07 Å². The van der Waals surface area contributed by atoms with E-state index in [1.165, 1.54) is 10.7 Å². The number of halogens is 1. The van der Waals surface area contributed by atoms with Gasteiger partial charge in [0.1, 0.15) is 17.6 Å². The third-order valence-corrected chi connectivity index (χ3v) is 6.59. The lowest BCUT2D eigenvalue weighted by molar-refractivity contribution is -0.0650. The summed E-state index contributed by atoms with van der Waals surface area (Å²) in [6.45, 7) is 6.84. The second-order valence-electron chi connectivity index (χ2n) is 8.94. The normalized spacial score (nSPS) is 23.8. The Morgan fingerprint density at radius 1 is 1.23 bits per heavy atom. The van der Waals surface area contributed by atoms with E-state index in [-0.39, 0.29) is 23.6 Å². The van der Waals surface area contributed by atoms with Gasteiger partial charge < -0.3 is 14.9 Å². The average Bonchev–Trinajstić information content (AvgIpc) is 3.40. The number of piperidine rings is 2. The van der Waals surface area contributed by atoms with E-state index in [0.717, 1.165) is 50.0 Å². The van der Waals surface area contributed by atoms with E-state index in [0.29, 0.717) is 23.9 Å².